The SMILES string of the molecule is c1ccc([Si]2(c3ccccc3)N[Si](c3ccccc3)(c3ccccc3)O[Si](c3ccccc3)(c3ccccc3)N[Si](c3ccccc3)(c3ccccc3)O2)cc1. The number of rotatable bonds is 8. The molecule has 0 amide bonds. The van der Waals surface area contributed by atoms with Crippen molar-refractivity contribution in [2.24, 2.45) is 0 Å². The van der Waals surface area contributed by atoms with Crippen molar-refractivity contribution in [3.05, 3.63) is 243 Å². The molecule has 8 aromatic carbocycles. The zero-order valence-electron chi connectivity index (χ0n) is 30.9. The van der Waals surface area contributed by atoms with Crippen molar-refractivity contribution in [2.45, 2.75) is 0 Å². The third kappa shape index (κ3) is 6.42. The molecule has 0 atom stereocenters. The average Bonchev–Trinajstić information content (AvgIpc) is 3.29. The maximum Gasteiger partial charge on any atom is 0.322 e. The van der Waals surface area contributed by atoms with Crippen LogP contribution < -0.4 is 50.8 Å². The van der Waals surface area contributed by atoms with Gasteiger partial charge in [-0.1, -0.05) is 243 Å². The molecule has 0 aromatic heterocycles. The summed E-state index contributed by atoms with van der Waals surface area (Å²) in [6.07, 6.45) is 0. The van der Waals surface area contributed by atoms with Crippen LogP contribution in [0.25, 0.3) is 0 Å². The van der Waals surface area contributed by atoms with E-state index in [0.717, 1.165) is 41.5 Å². The summed E-state index contributed by atoms with van der Waals surface area (Å²) in [6, 6.07) is 86.9. The van der Waals surface area contributed by atoms with Crippen LogP contribution in [0.1, 0.15) is 0 Å². The van der Waals surface area contributed by atoms with Crippen molar-refractivity contribution >= 4 is 75.4 Å². The van der Waals surface area contributed by atoms with E-state index in [0.29, 0.717) is 0 Å². The highest BCUT2D eigenvalue weighted by atomic mass is 28.5. The van der Waals surface area contributed by atoms with Gasteiger partial charge >= 0.3 is 33.9 Å². The molecule has 1 heterocycles. The van der Waals surface area contributed by atoms with E-state index in [4.69, 9.17) is 8.23 Å². The minimum atomic E-state index is -3.58. The molecular weight excluding hydrogens is 749 g/mol. The van der Waals surface area contributed by atoms with E-state index in [1.54, 1.807) is 0 Å². The quantitative estimate of drug-likeness (QED) is 0.227. The van der Waals surface area contributed by atoms with E-state index in [2.05, 4.69) is 252 Å². The third-order valence-corrected chi connectivity index (χ3v) is 30.5. The third-order valence-electron chi connectivity index (χ3n) is 10.8. The van der Waals surface area contributed by atoms with E-state index >= 15 is 0 Å². The minimum absolute atomic E-state index is 1.12. The van der Waals surface area contributed by atoms with Gasteiger partial charge < -0.3 is 17.5 Å². The predicted octanol–water partition coefficient (Wildman–Crippen LogP) is 4.24. The Kier molecular flexibility index (Phi) is 10.0. The zero-order valence-corrected chi connectivity index (χ0v) is 34.9. The van der Waals surface area contributed by atoms with Gasteiger partial charge in [-0.2, -0.15) is 0 Å². The second kappa shape index (κ2) is 15.5. The van der Waals surface area contributed by atoms with Gasteiger partial charge in [-0.25, -0.2) is 0 Å². The Morgan fingerprint density at radius 3 is 0.446 bits per heavy atom. The number of hydrogen-bond donors (Lipinski definition) is 2. The summed E-state index contributed by atoms with van der Waals surface area (Å²) in [5.41, 5.74) is 0. The smallest absolute Gasteiger partial charge is 0.322 e. The summed E-state index contributed by atoms with van der Waals surface area (Å²) in [4.78, 5) is 0. The van der Waals surface area contributed by atoms with Gasteiger partial charge in [0.15, 0.2) is 0 Å². The van der Waals surface area contributed by atoms with Gasteiger partial charge in [0.2, 0.25) is 0 Å². The van der Waals surface area contributed by atoms with Crippen LogP contribution in [0, 0.1) is 0 Å². The monoisotopic (exact) mass is 790 g/mol. The van der Waals surface area contributed by atoms with E-state index < -0.39 is 33.9 Å². The Morgan fingerprint density at radius 1 is 0.196 bits per heavy atom. The molecule has 4 nitrogen and oxygen atoms in total. The number of nitrogens with one attached hydrogen (secondary N) is 2. The minimum Gasteiger partial charge on any atom is -0.420 e. The first-order valence-electron chi connectivity index (χ1n) is 19.1. The molecule has 1 fully saturated rings. The van der Waals surface area contributed by atoms with E-state index in [1.807, 2.05) is 0 Å². The van der Waals surface area contributed by atoms with Gasteiger partial charge in [0.1, 0.15) is 0 Å². The molecule has 2 N–H and O–H groups in total. The average molecular weight is 791 g/mol. The fourth-order valence-electron chi connectivity index (χ4n) is 8.16. The van der Waals surface area contributed by atoms with Crippen LogP contribution in [0.15, 0.2) is 243 Å². The molecular formula is C48H42N2O2Si4. The largest absolute Gasteiger partial charge is 0.420 e. The highest BCUT2D eigenvalue weighted by Crippen LogP contribution is 2.25. The molecule has 0 spiro atoms. The molecule has 0 saturated carbocycles. The predicted molar refractivity (Wildman–Crippen MR) is 240 cm³/mol. The van der Waals surface area contributed by atoms with Gasteiger partial charge in [-0.3, -0.25) is 0 Å². The second-order valence-corrected chi connectivity index (χ2v) is 27.8. The summed E-state index contributed by atoms with van der Waals surface area (Å²) in [5, 5.41) is 8.98. The molecule has 0 unspecified atom stereocenters. The van der Waals surface area contributed by atoms with Crippen LogP contribution in [0.4, 0.5) is 0 Å². The maximum atomic E-state index is 8.65. The lowest BCUT2D eigenvalue weighted by Gasteiger charge is -2.55. The Balaban J connectivity index is 1.50. The first kappa shape index (κ1) is 36.1. The molecule has 1 aliphatic rings. The van der Waals surface area contributed by atoms with Crippen LogP contribution in [0.3, 0.4) is 0 Å². The molecule has 272 valence electrons. The van der Waals surface area contributed by atoms with Crippen LogP contribution in [-0.4, -0.2) is 33.9 Å². The van der Waals surface area contributed by atoms with Crippen molar-refractivity contribution in [3.63, 3.8) is 0 Å². The summed E-state index contributed by atoms with van der Waals surface area (Å²) >= 11 is 0. The Morgan fingerprint density at radius 2 is 0.321 bits per heavy atom. The molecule has 0 bridgehead atoms. The van der Waals surface area contributed by atoms with E-state index in [1.165, 1.54) is 0 Å². The molecule has 0 radical (unpaired) electrons. The molecule has 8 aromatic rings. The standard InChI is InChI=1S/C48H42N2O2Si4/c1-9-25-41(26-10-1)53(42-27-11-2-12-28-42)49-54(43-29-13-3-14-30-43,44-31-15-4-16-32-44)52-56(47-37-21-7-22-38-47,48-39-23-8-24-40-48)50-55(51-53,45-33-17-5-18-34-45)46-35-19-6-20-36-46/h1-40,49-50H. The first-order valence-corrected chi connectivity index (χ1v) is 26.7. The van der Waals surface area contributed by atoms with Crippen molar-refractivity contribution in [1.29, 1.82) is 0 Å². The topological polar surface area (TPSA) is 42.5 Å². The van der Waals surface area contributed by atoms with Gasteiger partial charge in [0, 0.05) is 0 Å². The lowest BCUT2D eigenvalue weighted by atomic mass is 10.4. The molecule has 8 heteroatoms. The van der Waals surface area contributed by atoms with Crippen LogP contribution in [0.5, 0.6) is 0 Å². The van der Waals surface area contributed by atoms with Crippen molar-refractivity contribution in [1.82, 2.24) is 9.30 Å². The van der Waals surface area contributed by atoms with Gasteiger partial charge in [-0.05, 0) is 41.5 Å². The zero-order chi connectivity index (χ0) is 37.7. The lowest BCUT2D eigenvalue weighted by Crippen LogP contribution is -2.97. The van der Waals surface area contributed by atoms with Crippen LogP contribution in [-0.2, 0) is 8.23 Å². The summed E-state index contributed by atoms with van der Waals surface area (Å²) in [5.74, 6) is 0. The summed E-state index contributed by atoms with van der Waals surface area (Å²) < 4.78 is 26.5. The molecule has 0 aliphatic carbocycles. The van der Waals surface area contributed by atoms with Gasteiger partial charge in [-0.15, -0.1) is 0 Å². The van der Waals surface area contributed by atoms with Crippen LogP contribution >= 0.6 is 0 Å². The van der Waals surface area contributed by atoms with Gasteiger partial charge in [0.25, 0.3) is 0 Å². The Labute approximate surface area is 333 Å². The van der Waals surface area contributed by atoms with E-state index in [-0.39, 0.29) is 0 Å². The van der Waals surface area contributed by atoms with Crippen molar-refractivity contribution in [2.75, 3.05) is 0 Å². The number of hydrogen-bond acceptors (Lipinski definition) is 4. The highest BCUT2D eigenvalue weighted by Gasteiger charge is 2.65. The molecule has 1 saturated heterocycles. The molecule has 9 rings (SSSR count). The van der Waals surface area contributed by atoms with Crippen LogP contribution in [0.2, 0.25) is 0 Å². The molecule has 56 heavy (non-hydrogen) atoms. The van der Waals surface area contributed by atoms with Crippen molar-refractivity contribution < 1.29 is 8.23 Å². The normalized spacial score (nSPS) is 16.9. The Bertz CT molecular complexity index is 1940. The summed E-state index contributed by atoms with van der Waals surface area (Å²) in [6.45, 7) is 0. The van der Waals surface area contributed by atoms with E-state index in [9.17, 15) is 0 Å². The fourth-order valence-corrected chi connectivity index (χ4v) is 33.5. The lowest BCUT2D eigenvalue weighted by molar-refractivity contribution is 0.499. The summed E-state index contributed by atoms with van der Waals surface area (Å²) in [7, 11) is -14.3. The second-order valence-electron chi connectivity index (χ2n) is 14.1. The molecule has 1 aliphatic heterocycles. The highest BCUT2D eigenvalue weighted by molar-refractivity contribution is 7.21. The van der Waals surface area contributed by atoms with Crippen molar-refractivity contribution in [3.8, 4) is 0 Å². The fraction of sp³-hybridized carbons (Fsp3) is 0. The first-order chi connectivity index (χ1) is 27.7. The number of benzene rings is 8. The van der Waals surface area contributed by atoms with Gasteiger partial charge in [0.05, 0.1) is 0 Å². The Hall–Kier alpha value is -5.53. The maximum absolute atomic E-state index is 8.65.